The first-order valence-electron chi connectivity index (χ1n) is 4.49. The van der Waals surface area contributed by atoms with Crippen molar-refractivity contribution < 1.29 is 28.6 Å². The van der Waals surface area contributed by atoms with Crippen LogP contribution in [0.1, 0.15) is 6.92 Å². The predicted octanol–water partition coefficient (Wildman–Crippen LogP) is 0.201. The van der Waals surface area contributed by atoms with Gasteiger partial charge in [-0.1, -0.05) is 6.92 Å². The van der Waals surface area contributed by atoms with Gasteiger partial charge in [0.15, 0.2) is 5.44 Å². The highest BCUT2D eigenvalue weighted by Gasteiger charge is 2.17. The number of carbonyl (C=O) groups is 3. The lowest BCUT2D eigenvalue weighted by Gasteiger charge is -2.15. The maximum Gasteiger partial charge on any atom is 0.309 e. The van der Waals surface area contributed by atoms with Gasteiger partial charge in [0.1, 0.15) is 6.61 Å². The van der Waals surface area contributed by atoms with E-state index in [0.29, 0.717) is 5.75 Å². The topological polar surface area (TPSA) is 78.9 Å². The number of hydrogen-bond donors (Lipinski definition) is 0. The molecule has 0 heterocycles. The van der Waals surface area contributed by atoms with E-state index in [1.165, 1.54) is 18.9 Å². The van der Waals surface area contributed by atoms with Crippen LogP contribution in [-0.2, 0) is 28.6 Å². The third-order valence-corrected chi connectivity index (χ3v) is 2.95. The molecule has 0 bridgehead atoms. The molecule has 6 nitrogen and oxygen atoms in total. The van der Waals surface area contributed by atoms with E-state index < -0.39 is 5.44 Å². The molecule has 0 radical (unpaired) electrons. The molecular weight excluding hydrogens is 236 g/mol. The highest BCUT2D eigenvalue weighted by Crippen LogP contribution is 2.16. The fourth-order valence-electron chi connectivity index (χ4n) is 0.827. The molecule has 0 aromatic carbocycles. The smallest absolute Gasteiger partial charge is 0.309 e. The third kappa shape index (κ3) is 6.28. The zero-order valence-corrected chi connectivity index (χ0v) is 9.90. The van der Waals surface area contributed by atoms with E-state index in [4.69, 9.17) is 0 Å². The van der Waals surface area contributed by atoms with Crippen molar-refractivity contribution in [3.8, 4) is 0 Å². The van der Waals surface area contributed by atoms with Crippen LogP contribution in [0.5, 0.6) is 0 Å². The zero-order valence-electron chi connectivity index (χ0n) is 9.08. The standard InChI is InChI=1S/C9H14O6S/c1-7(9(12)13-2)4-16-8(15-6-11)3-14-5-10/h5-8H,3-4H2,1-2H3. The van der Waals surface area contributed by atoms with Crippen LogP contribution in [0.2, 0.25) is 0 Å². The summed E-state index contributed by atoms with van der Waals surface area (Å²) in [6.45, 7) is 2.19. The number of thioether (sulfide) groups is 1. The van der Waals surface area contributed by atoms with Gasteiger partial charge >= 0.3 is 5.97 Å². The Kier molecular flexibility index (Phi) is 8.32. The van der Waals surface area contributed by atoms with E-state index in [2.05, 4.69) is 14.2 Å². The lowest BCUT2D eigenvalue weighted by Crippen LogP contribution is -2.20. The Balaban J connectivity index is 3.94. The van der Waals surface area contributed by atoms with Gasteiger partial charge in [0.05, 0.1) is 13.0 Å². The maximum atomic E-state index is 11.1. The molecule has 92 valence electrons. The molecule has 0 aliphatic heterocycles. The van der Waals surface area contributed by atoms with E-state index in [9.17, 15) is 14.4 Å². The van der Waals surface area contributed by atoms with Crippen LogP contribution in [0.25, 0.3) is 0 Å². The number of hydrogen-bond acceptors (Lipinski definition) is 7. The van der Waals surface area contributed by atoms with Gasteiger partial charge in [-0.15, -0.1) is 11.8 Å². The monoisotopic (exact) mass is 250 g/mol. The Morgan fingerprint density at radius 1 is 1.38 bits per heavy atom. The van der Waals surface area contributed by atoms with Crippen molar-refractivity contribution in [2.24, 2.45) is 5.92 Å². The summed E-state index contributed by atoms with van der Waals surface area (Å²) in [5.41, 5.74) is -0.602. The van der Waals surface area contributed by atoms with Crippen molar-refractivity contribution in [3.63, 3.8) is 0 Å². The normalized spacial score (nSPS) is 13.4. The van der Waals surface area contributed by atoms with Crippen molar-refractivity contribution in [1.82, 2.24) is 0 Å². The van der Waals surface area contributed by atoms with Gasteiger partial charge in [0.2, 0.25) is 0 Å². The van der Waals surface area contributed by atoms with Crippen molar-refractivity contribution in [3.05, 3.63) is 0 Å². The first-order valence-corrected chi connectivity index (χ1v) is 5.54. The summed E-state index contributed by atoms with van der Waals surface area (Å²) in [5, 5.41) is 0. The molecule has 0 spiro atoms. The van der Waals surface area contributed by atoms with Gasteiger partial charge in [-0.05, 0) is 0 Å². The molecule has 7 heteroatoms. The van der Waals surface area contributed by atoms with E-state index in [1.54, 1.807) is 6.92 Å². The summed E-state index contributed by atoms with van der Waals surface area (Å²) < 4.78 is 13.7. The minimum Gasteiger partial charge on any atom is -0.469 e. The van der Waals surface area contributed by atoms with Crippen LogP contribution >= 0.6 is 11.8 Å². The molecule has 2 unspecified atom stereocenters. The molecule has 0 rings (SSSR count). The lowest BCUT2D eigenvalue weighted by molar-refractivity contribution is -0.144. The van der Waals surface area contributed by atoms with Crippen molar-refractivity contribution in [1.29, 1.82) is 0 Å². The number of esters is 1. The van der Waals surface area contributed by atoms with Crippen molar-refractivity contribution >= 4 is 30.7 Å². The molecule has 0 N–H and O–H groups in total. The number of rotatable bonds is 9. The van der Waals surface area contributed by atoms with Crippen LogP contribution in [0, 0.1) is 5.92 Å². The van der Waals surface area contributed by atoms with Gasteiger partial charge in [0, 0.05) is 5.75 Å². The first-order chi connectivity index (χ1) is 7.65. The molecule has 0 aliphatic carbocycles. The average molecular weight is 250 g/mol. The number of ether oxygens (including phenoxy) is 3. The predicted molar refractivity (Wildman–Crippen MR) is 56.6 cm³/mol. The van der Waals surface area contributed by atoms with Crippen LogP contribution in [0.4, 0.5) is 0 Å². The van der Waals surface area contributed by atoms with Gasteiger partial charge < -0.3 is 14.2 Å². The fourth-order valence-corrected chi connectivity index (χ4v) is 1.77. The fraction of sp³-hybridized carbons (Fsp3) is 0.667. The molecule has 16 heavy (non-hydrogen) atoms. The minimum atomic E-state index is -0.602. The molecule has 0 saturated carbocycles. The molecule has 0 saturated heterocycles. The summed E-state index contributed by atoms with van der Waals surface area (Å²) >= 11 is 1.20. The zero-order chi connectivity index (χ0) is 12.4. The second-order valence-corrected chi connectivity index (χ2v) is 4.04. The van der Waals surface area contributed by atoms with Gasteiger partial charge in [0.25, 0.3) is 12.9 Å². The van der Waals surface area contributed by atoms with Gasteiger partial charge in [-0.2, -0.15) is 0 Å². The molecule has 0 aromatic rings. The first kappa shape index (κ1) is 14.8. The highest BCUT2D eigenvalue weighted by molar-refractivity contribution is 7.99. The Morgan fingerprint density at radius 2 is 2.06 bits per heavy atom. The van der Waals surface area contributed by atoms with Crippen molar-refractivity contribution in [2.45, 2.75) is 12.4 Å². The molecular formula is C9H14O6S. The lowest BCUT2D eigenvalue weighted by atomic mass is 10.2. The quantitative estimate of drug-likeness (QED) is 0.250. The van der Waals surface area contributed by atoms with Crippen LogP contribution in [-0.4, -0.2) is 43.8 Å². The Bertz CT molecular complexity index is 232. The third-order valence-electron chi connectivity index (χ3n) is 1.64. The summed E-state index contributed by atoms with van der Waals surface area (Å²) in [6, 6.07) is 0. The summed E-state index contributed by atoms with van der Waals surface area (Å²) in [4.78, 5) is 31.2. The molecule has 0 fully saturated rings. The van der Waals surface area contributed by atoms with E-state index in [0.717, 1.165) is 0 Å². The Hall–Kier alpha value is -1.24. The summed E-state index contributed by atoms with van der Waals surface area (Å²) in [6.07, 6.45) is 0. The van der Waals surface area contributed by atoms with Crippen molar-refractivity contribution in [2.75, 3.05) is 19.5 Å². The van der Waals surface area contributed by atoms with E-state index in [-0.39, 0.29) is 31.4 Å². The second-order valence-electron chi connectivity index (χ2n) is 2.85. The molecule has 0 aliphatic rings. The number of methoxy groups -OCH3 is 1. The van der Waals surface area contributed by atoms with Gasteiger partial charge in [-0.3, -0.25) is 14.4 Å². The van der Waals surface area contributed by atoms with Crippen LogP contribution in [0.15, 0.2) is 0 Å². The Labute approximate surface area is 97.6 Å². The van der Waals surface area contributed by atoms with Crippen LogP contribution in [0.3, 0.4) is 0 Å². The second kappa shape index (κ2) is 9.02. The van der Waals surface area contributed by atoms with Crippen LogP contribution < -0.4 is 0 Å². The molecule has 0 amide bonds. The average Bonchev–Trinajstić information content (AvgIpc) is 2.31. The highest BCUT2D eigenvalue weighted by atomic mass is 32.2. The minimum absolute atomic E-state index is 0.0409. The molecule has 2 atom stereocenters. The molecule has 0 aromatic heterocycles. The summed E-state index contributed by atoms with van der Waals surface area (Å²) in [7, 11) is 1.30. The van der Waals surface area contributed by atoms with E-state index in [1.807, 2.05) is 0 Å². The summed E-state index contributed by atoms with van der Waals surface area (Å²) in [5.74, 6) is -0.245. The van der Waals surface area contributed by atoms with E-state index >= 15 is 0 Å². The van der Waals surface area contributed by atoms with Gasteiger partial charge in [-0.25, -0.2) is 0 Å². The number of carbonyl (C=O) groups excluding carboxylic acids is 3. The largest absolute Gasteiger partial charge is 0.469 e. The SMILES string of the molecule is COC(=O)C(C)CSC(COC=O)OC=O. The maximum absolute atomic E-state index is 11.1. The Morgan fingerprint density at radius 3 is 2.56 bits per heavy atom.